The minimum atomic E-state index is -0.801. The zero-order valence-corrected chi connectivity index (χ0v) is 14.4. The second kappa shape index (κ2) is 5.55. The van der Waals surface area contributed by atoms with Crippen molar-refractivity contribution in [1.82, 2.24) is 5.32 Å². The van der Waals surface area contributed by atoms with Gasteiger partial charge in [-0.3, -0.25) is 9.59 Å². The predicted octanol–water partition coefficient (Wildman–Crippen LogP) is 3.25. The zero-order chi connectivity index (χ0) is 17.8. The number of carboxylic acid groups (broad SMARTS) is 1. The Morgan fingerprint density at radius 3 is 2.28 bits per heavy atom. The van der Waals surface area contributed by atoms with Gasteiger partial charge in [-0.25, -0.2) is 4.39 Å². The van der Waals surface area contributed by atoms with E-state index in [9.17, 15) is 19.1 Å². The lowest BCUT2D eigenvalue weighted by molar-refractivity contribution is -0.149. The molecule has 1 aromatic rings. The van der Waals surface area contributed by atoms with Crippen LogP contribution < -0.4 is 5.32 Å². The van der Waals surface area contributed by atoms with Crippen molar-refractivity contribution in [1.29, 1.82) is 0 Å². The van der Waals surface area contributed by atoms with Gasteiger partial charge in [-0.05, 0) is 67.6 Å². The molecule has 5 heteroatoms. The Hall–Kier alpha value is -1.91. The Bertz CT molecular complexity index is 698. The highest BCUT2D eigenvalue weighted by atomic mass is 19.1. The fourth-order valence-corrected chi connectivity index (χ4v) is 6.50. The van der Waals surface area contributed by atoms with E-state index >= 15 is 0 Å². The molecule has 2 atom stereocenters. The van der Waals surface area contributed by atoms with Crippen molar-refractivity contribution in [2.75, 3.05) is 0 Å². The number of hydrogen-bond donors (Lipinski definition) is 2. The standard InChI is InChI=1S/C20H24FNO3/c1-12(23)22-19-8-13-6-15(9-19)20(11-18(24)25,16(7-13)10-19)14-2-4-17(21)5-3-14/h2-5,13,15-16H,6-11H2,1H3,(H,22,23)(H,24,25)/t13?,15?,16?,19-,20-. The lowest BCUT2D eigenvalue weighted by Gasteiger charge is -2.65. The topological polar surface area (TPSA) is 66.4 Å². The molecule has 0 aromatic heterocycles. The third kappa shape index (κ3) is 2.55. The first-order valence-corrected chi connectivity index (χ1v) is 9.10. The largest absolute Gasteiger partial charge is 0.481 e. The third-order valence-corrected chi connectivity index (χ3v) is 6.91. The van der Waals surface area contributed by atoms with Crippen LogP contribution in [-0.2, 0) is 15.0 Å². The van der Waals surface area contributed by atoms with Gasteiger partial charge in [0.05, 0.1) is 6.42 Å². The molecule has 2 unspecified atom stereocenters. The Balaban J connectivity index is 1.77. The lowest BCUT2D eigenvalue weighted by Crippen LogP contribution is -2.67. The molecule has 1 amide bonds. The van der Waals surface area contributed by atoms with Crippen LogP contribution in [0.4, 0.5) is 4.39 Å². The van der Waals surface area contributed by atoms with Gasteiger partial charge >= 0.3 is 5.97 Å². The van der Waals surface area contributed by atoms with E-state index in [0.29, 0.717) is 5.92 Å². The van der Waals surface area contributed by atoms with Crippen LogP contribution in [0.1, 0.15) is 51.0 Å². The minimum absolute atomic E-state index is 0.00688. The van der Waals surface area contributed by atoms with E-state index in [0.717, 1.165) is 37.7 Å². The zero-order valence-electron chi connectivity index (χ0n) is 14.4. The van der Waals surface area contributed by atoms with Crippen LogP contribution in [0.25, 0.3) is 0 Å². The molecule has 4 nitrogen and oxygen atoms in total. The van der Waals surface area contributed by atoms with Gasteiger partial charge in [-0.1, -0.05) is 12.1 Å². The summed E-state index contributed by atoms with van der Waals surface area (Å²) in [5, 5.41) is 12.8. The summed E-state index contributed by atoms with van der Waals surface area (Å²) >= 11 is 0. The van der Waals surface area contributed by atoms with Gasteiger partial charge < -0.3 is 10.4 Å². The average molecular weight is 345 g/mol. The van der Waals surface area contributed by atoms with E-state index in [1.54, 1.807) is 19.1 Å². The quantitative estimate of drug-likeness (QED) is 0.880. The van der Waals surface area contributed by atoms with Crippen molar-refractivity contribution in [3.8, 4) is 0 Å². The fraction of sp³-hybridized carbons (Fsp3) is 0.600. The van der Waals surface area contributed by atoms with E-state index in [2.05, 4.69) is 5.32 Å². The molecule has 4 fully saturated rings. The molecule has 0 heterocycles. The van der Waals surface area contributed by atoms with E-state index in [4.69, 9.17) is 0 Å². The molecular weight excluding hydrogens is 321 g/mol. The molecule has 4 bridgehead atoms. The van der Waals surface area contributed by atoms with Gasteiger partial charge in [-0.2, -0.15) is 0 Å². The normalized spacial score (nSPS) is 38.6. The van der Waals surface area contributed by atoms with Crippen LogP contribution >= 0.6 is 0 Å². The van der Waals surface area contributed by atoms with Crippen LogP contribution in [0, 0.1) is 23.6 Å². The number of nitrogens with one attached hydrogen (secondary N) is 1. The number of rotatable bonds is 4. The molecule has 4 aliphatic rings. The molecule has 4 aliphatic carbocycles. The highest BCUT2D eigenvalue weighted by molar-refractivity contribution is 5.74. The summed E-state index contributed by atoms with van der Waals surface area (Å²) in [5.41, 5.74) is 0.325. The van der Waals surface area contributed by atoms with Gasteiger partial charge in [-0.15, -0.1) is 0 Å². The minimum Gasteiger partial charge on any atom is -0.481 e. The summed E-state index contributed by atoms with van der Waals surface area (Å²) in [6.45, 7) is 1.56. The Kier molecular flexibility index (Phi) is 3.67. The Morgan fingerprint density at radius 1 is 1.16 bits per heavy atom. The van der Waals surface area contributed by atoms with Crippen molar-refractivity contribution in [3.05, 3.63) is 35.6 Å². The van der Waals surface area contributed by atoms with Crippen LogP contribution in [-0.4, -0.2) is 22.5 Å². The van der Waals surface area contributed by atoms with Crippen molar-refractivity contribution in [2.24, 2.45) is 17.8 Å². The second-order valence-electron chi connectivity index (χ2n) is 8.42. The number of amides is 1. The molecule has 1 aromatic carbocycles. The first-order chi connectivity index (χ1) is 11.8. The first kappa shape index (κ1) is 16.6. The molecular formula is C20H24FNO3. The van der Waals surface area contributed by atoms with E-state index in [1.807, 2.05) is 0 Å². The van der Waals surface area contributed by atoms with Crippen molar-refractivity contribution in [3.63, 3.8) is 0 Å². The van der Waals surface area contributed by atoms with Crippen LogP contribution in [0.5, 0.6) is 0 Å². The summed E-state index contributed by atoms with van der Waals surface area (Å²) in [6, 6.07) is 6.42. The van der Waals surface area contributed by atoms with E-state index < -0.39 is 11.4 Å². The number of benzene rings is 1. The number of hydrogen-bond acceptors (Lipinski definition) is 2. The summed E-state index contributed by atoms with van der Waals surface area (Å²) in [7, 11) is 0. The van der Waals surface area contributed by atoms with Gasteiger partial charge in [0, 0.05) is 17.9 Å². The maximum atomic E-state index is 13.4. The van der Waals surface area contributed by atoms with Gasteiger partial charge in [0.2, 0.25) is 5.91 Å². The number of carbonyl (C=O) groups excluding carboxylic acids is 1. The highest BCUT2D eigenvalue weighted by Crippen LogP contribution is 2.65. The van der Waals surface area contributed by atoms with Crippen molar-refractivity contribution >= 4 is 11.9 Å². The first-order valence-electron chi connectivity index (χ1n) is 9.10. The lowest BCUT2D eigenvalue weighted by atomic mass is 9.41. The molecule has 25 heavy (non-hydrogen) atoms. The van der Waals surface area contributed by atoms with Crippen LogP contribution in [0.15, 0.2) is 24.3 Å². The molecule has 4 saturated carbocycles. The summed E-state index contributed by atoms with van der Waals surface area (Å²) in [5.74, 6) is -0.128. The van der Waals surface area contributed by atoms with Crippen LogP contribution in [0.2, 0.25) is 0 Å². The molecule has 0 saturated heterocycles. The maximum absolute atomic E-state index is 13.4. The molecule has 0 aliphatic heterocycles. The van der Waals surface area contributed by atoms with Gasteiger partial charge in [0.25, 0.3) is 0 Å². The SMILES string of the molecule is CC(=O)N[C@]12CC3CC(C1)[C@@](CC(=O)O)(c1ccc(F)cc1)C(C3)C2. The highest BCUT2D eigenvalue weighted by Gasteiger charge is 2.63. The van der Waals surface area contributed by atoms with E-state index in [1.165, 1.54) is 12.1 Å². The smallest absolute Gasteiger partial charge is 0.304 e. The predicted molar refractivity (Wildman–Crippen MR) is 90.4 cm³/mol. The number of carbonyl (C=O) groups is 2. The van der Waals surface area contributed by atoms with Crippen molar-refractivity contribution < 1.29 is 19.1 Å². The average Bonchev–Trinajstić information content (AvgIpc) is 2.49. The molecule has 0 spiro atoms. The fourth-order valence-electron chi connectivity index (χ4n) is 6.50. The maximum Gasteiger partial charge on any atom is 0.304 e. The van der Waals surface area contributed by atoms with Gasteiger partial charge in [0.15, 0.2) is 0 Å². The number of aliphatic carboxylic acids is 1. The Labute approximate surface area is 146 Å². The Morgan fingerprint density at radius 2 is 1.76 bits per heavy atom. The van der Waals surface area contributed by atoms with E-state index in [-0.39, 0.29) is 35.5 Å². The summed E-state index contributed by atoms with van der Waals surface area (Å²) in [4.78, 5) is 23.5. The number of carboxylic acids is 1. The summed E-state index contributed by atoms with van der Waals surface area (Å²) in [6.07, 6.45) is 4.74. The van der Waals surface area contributed by atoms with Gasteiger partial charge in [0.1, 0.15) is 5.82 Å². The molecule has 134 valence electrons. The third-order valence-electron chi connectivity index (χ3n) is 6.91. The second-order valence-corrected chi connectivity index (χ2v) is 8.42. The van der Waals surface area contributed by atoms with Crippen LogP contribution in [0.3, 0.4) is 0 Å². The number of halogens is 1. The van der Waals surface area contributed by atoms with Crippen molar-refractivity contribution in [2.45, 2.75) is 56.4 Å². The monoisotopic (exact) mass is 345 g/mol. The summed E-state index contributed by atoms with van der Waals surface area (Å²) < 4.78 is 13.4. The molecule has 5 rings (SSSR count). The molecule has 0 radical (unpaired) electrons. The molecule has 2 N–H and O–H groups in total.